The molecule has 0 saturated carbocycles. The van der Waals surface area contributed by atoms with Gasteiger partial charge < -0.3 is 20.1 Å². The molecule has 0 aliphatic carbocycles. The second kappa shape index (κ2) is 7.00. The number of ether oxygens (including phenoxy) is 2. The number of hydrogen-bond donors (Lipinski definition) is 2. The van der Waals surface area contributed by atoms with E-state index in [9.17, 15) is 4.79 Å². The standard InChI is InChI=1S/C15H20N2O3.ClH/c1-10(17-15(18)11-4-6-16-7-5-11)12-2-3-13-14(8-12)20-9-19-13;/h2-3,8,10-11,16H,4-7,9H2,1H3,(H,17,18);1H. The van der Waals surface area contributed by atoms with E-state index in [0.717, 1.165) is 43.0 Å². The molecule has 1 amide bonds. The molecule has 2 aliphatic rings. The Morgan fingerprint density at radius 2 is 2.00 bits per heavy atom. The van der Waals surface area contributed by atoms with Crippen LogP contribution in [0, 0.1) is 5.92 Å². The minimum atomic E-state index is -0.0214. The molecular formula is C15H21ClN2O3. The van der Waals surface area contributed by atoms with Gasteiger partial charge in [-0.05, 0) is 50.6 Å². The number of rotatable bonds is 3. The zero-order valence-corrected chi connectivity index (χ0v) is 12.9. The third-order valence-corrected chi connectivity index (χ3v) is 3.97. The number of benzene rings is 1. The highest BCUT2D eigenvalue weighted by Gasteiger charge is 2.23. The summed E-state index contributed by atoms with van der Waals surface area (Å²) in [5.41, 5.74) is 1.04. The highest BCUT2D eigenvalue weighted by molar-refractivity contribution is 5.85. The molecule has 1 saturated heterocycles. The first-order chi connectivity index (χ1) is 9.74. The lowest BCUT2D eigenvalue weighted by Gasteiger charge is -2.24. The summed E-state index contributed by atoms with van der Waals surface area (Å²) in [6.45, 7) is 4.12. The highest BCUT2D eigenvalue weighted by atomic mass is 35.5. The fourth-order valence-corrected chi connectivity index (χ4v) is 2.68. The van der Waals surface area contributed by atoms with Crippen LogP contribution in [0.3, 0.4) is 0 Å². The zero-order valence-electron chi connectivity index (χ0n) is 12.1. The molecule has 2 aliphatic heterocycles. The summed E-state index contributed by atoms with van der Waals surface area (Å²) in [6, 6.07) is 5.79. The molecule has 5 nitrogen and oxygen atoms in total. The Kier molecular flexibility index (Phi) is 5.31. The maximum Gasteiger partial charge on any atom is 0.231 e. The number of hydrogen-bond acceptors (Lipinski definition) is 4. The van der Waals surface area contributed by atoms with Crippen molar-refractivity contribution in [3.05, 3.63) is 23.8 Å². The summed E-state index contributed by atoms with van der Waals surface area (Å²) in [6.07, 6.45) is 1.83. The number of fused-ring (bicyclic) bond motifs is 1. The van der Waals surface area contributed by atoms with Gasteiger partial charge in [0.2, 0.25) is 12.7 Å². The second-order valence-corrected chi connectivity index (χ2v) is 5.37. The van der Waals surface area contributed by atoms with Gasteiger partial charge in [0.1, 0.15) is 0 Å². The molecule has 1 aromatic carbocycles. The van der Waals surface area contributed by atoms with E-state index < -0.39 is 0 Å². The van der Waals surface area contributed by atoms with Crippen molar-refractivity contribution in [3.63, 3.8) is 0 Å². The summed E-state index contributed by atoms with van der Waals surface area (Å²) < 4.78 is 10.7. The van der Waals surface area contributed by atoms with Crippen molar-refractivity contribution in [2.45, 2.75) is 25.8 Å². The number of piperidine rings is 1. The van der Waals surface area contributed by atoms with Gasteiger partial charge in [-0.15, -0.1) is 12.4 Å². The van der Waals surface area contributed by atoms with Gasteiger partial charge in [-0.25, -0.2) is 0 Å². The maximum absolute atomic E-state index is 12.2. The van der Waals surface area contributed by atoms with Gasteiger partial charge in [-0.2, -0.15) is 0 Å². The molecule has 3 rings (SSSR count). The fraction of sp³-hybridized carbons (Fsp3) is 0.533. The normalized spacial score (nSPS) is 18.7. The molecule has 1 aromatic rings. The van der Waals surface area contributed by atoms with Crippen LogP contribution in [0.25, 0.3) is 0 Å². The number of carbonyl (C=O) groups excluding carboxylic acids is 1. The van der Waals surface area contributed by atoms with Crippen LogP contribution in [0.5, 0.6) is 11.5 Å². The van der Waals surface area contributed by atoms with Crippen molar-refractivity contribution >= 4 is 18.3 Å². The summed E-state index contributed by atoms with van der Waals surface area (Å²) >= 11 is 0. The van der Waals surface area contributed by atoms with E-state index in [0.29, 0.717) is 0 Å². The Balaban J connectivity index is 0.00000161. The Bertz CT molecular complexity index is 504. The average Bonchev–Trinajstić information content (AvgIpc) is 2.95. The van der Waals surface area contributed by atoms with Crippen LogP contribution in [-0.2, 0) is 4.79 Å². The van der Waals surface area contributed by atoms with Gasteiger partial charge in [0, 0.05) is 5.92 Å². The molecule has 1 unspecified atom stereocenters. The van der Waals surface area contributed by atoms with Crippen LogP contribution < -0.4 is 20.1 Å². The van der Waals surface area contributed by atoms with Crippen molar-refractivity contribution < 1.29 is 14.3 Å². The molecule has 0 aromatic heterocycles. The zero-order chi connectivity index (χ0) is 13.9. The second-order valence-electron chi connectivity index (χ2n) is 5.37. The van der Waals surface area contributed by atoms with Crippen LogP contribution in [0.2, 0.25) is 0 Å². The van der Waals surface area contributed by atoms with E-state index in [4.69, 9.17) is 9.47 Å². The van der Waals surface area contributed by atoms with E-state index in [1.807, 2.05) is 25.1 Å². The summed E-state index contributed by atoms with van der Waals surface area (Å²) in [5, 5.41) is 6.37. The first-order valence-electron chi connectivity index (χ1n) is 7.14. The van der Waals surface area contributed by atoms with Crippen molar-refractivity contribution in [1.82, 2.24) is 10.6 Å². The lowest BCUT2D eigenvalue weighted by atomic mass is 9.96. The molecule has 1 atom stereocenters. The van der Waals surface area contributed by atoms with E-state index in [2.05, 4.69) is 10.6 Å². The van der Waals surface area contributed by atoms with Gasteiger partial charge in [-0.3, -0.25) is 4.79 Å². The van der Waals surface area contributed by atoms with E-state index in [-0.39, 0.29) is 37.1 Å². The Labute approximate surface area is 130 Å². The number of carbonyl (C=O) groups is 1. The third kappa shape index (κ3) is 3.60. The van der Waals surface area contributed by atoms with Gasteiger partial charge in [-0.1, -0.05) is 6.07 Å². The largest absolute Gasteiger partial charge is 0.454 e. The molecule has 2 heterocycles. The minimum Gasteiger partial charge on any atom is -0.454 e. The van der Waals surface area contributed by atoms with Crippen LogP contribution in [0.15, 0.2) is 18.2 Å². The molecule has 21 heavy (non-hydrogen) atoms. The van der Waals surface area contributed by atoms with Crippen molar-refractivity contribution in [3.8, 4) is 11.5 Å². The van der Waals surface area contributed by atoms with E-state index >= 15 is 0 Å². The van der Waals surface area contributed by atoms with Crippen LogP contribution in [0.4, 0.5) is 0 Å². The molecule has 0 radical (unpaired) electrons. The Hall–Kier alpha value is -1.46. The first kappa shape index (κ1) is 15.9. The Morgan fingerprint density at radius 3 is 2.76 bits per heavy atom. The van der Waals surface area contributed by atoms with Crippen molar-refractivity contribution in [2.75, 3.05) is 19.9 Å². The fourth-order valence-electron chi connectivity index (χ4n) is 2.68. The number of nitrogens with one attached hydrogen (secondary N) is 2. The lowest BCUT2D eigenvalue weighted by molar-refractivity contribution is -0.126. The van der Waals surface area contributed by atoms with Crippen LogP contribution in [0.1, 0.15) is 31.4 Å². The van der Waals surface area contributed by atoms with Gasteiger partial charge in [0.25, 0.3) is 0 Å². The average molecular weight is 313 g/mol. The summed E-state index contributed by atoms with van der Waals surface area (Å²) in [4.78, 5) is 12.2. The van der Waals surface area contributed by atoms with E-state index in [1.54, 1.807) is 0 Å². The highest BCUT2D eigenvalue weighted by Crippen LogP contribution is 2.34. The number of halogens is 1. The third-order valence-electron chi connectivity index (χ3n) is 3.97. The van der Waals surface area contributed by atoms with Crippen molar-refractivity contribution in [1.29, 1.82) is 0 Å². The van der Waals surface area contributed by atoms with Gasteiger partial charge in [0.15, 0.2) is 11.5 Å². The molecule has 0 bridgehead atoms. The molecule has 2 N–H and O–H groups in total. The molecular weight excluding hydrogens is 292 g/mol. The molecule has 6 heteroatoms. The molecule has 0 spiro atoms. The number of amides is 1. The predicted molar refractivity (Wildman–Crippen MR) is 82.0 cm³/mol. The maximum atomic E-state index is 12.2. The predicted octanol–water partition coefficient (Wildman–Crippen LogP) is 2.01. The van der Waals surface area contributed by atoms with Gasteiger partial charge >= 0.3 is 0 Å². The summed E-state index contributed by atoms with van der Waals surface area (Å²) in [7, 11) is 0. The quantitative estimate of drug-likeness (QED) is 0.896. The molecule has 116 valence electrons. The van der Waals surface area contributed by atoms with E-state index in [1.165, 1.54) is 0 Å². The Morgan fingerprint density at radius 1 is 1.29 bits per heavy atom. The topological polar surface area (TPSA) is 59.6 Å². The lowest BCUT2D eigenvalue weighted by Crippen LogP contribution is -2.39. The van der Waals surface area contributed by atoms with Gasteiger partial charge in [0.05, 0.1) is 6.04 Å². The van der Waals surface area contributed by atoms with Crippen LogP contribution in [-0.4, -0.2) is 25.8 Å². The summed E-state index contributed by atoms with van der Waals surface area (Å²) in [5.74, 6) is 1.81. The first-order valence-corrected chi connectivity index (χ1v) is 7.14. The van der Waals surface area contributed by atoms with Crippen molar-refractivity contribution in [2.24, 2.45) is 5.92 Å². The smallest absolute Gasteiger partial charge is 0.231 e. The van der Waals surface area contributed by atoms with Crippen LogP contribution >= 0.6 is 12.4 Å². The monoisotopic (exact) mass is 312 g/mol. The SMILES string of the molecule is CC(NC(=O)C1CCNCC1)c1ccc2c(c1)OCO2.Cl. The molecule has 1 fully saturated rings. The minimum absolute atomic E-state index is 0.